The molecule has 6 heteroatoms. The molecule has 0 aliphatic carbocycles. The van der Waals surface area contributed by atoms with Crippen LogP contribution in [0.25, 0.3) is 0 Å². The highest BCUT2D eigenvalue weighted by atomic mass is 16.6. The molecule has 0 aromatic rings. The Balaban J connectivity index is 4.47. The number of ether oxygens (including phenoxy) is 3. The summed E-state index contributed by atoms with van der Waals surface area (Å²) in [5.41, 5.74) is 0. The van der Waals surface area contributed by atoms with Crippen molar-refractivity contribution in [3.05, 3.63) is 85.1 Å². The maximum atomic E-state index is 12.8. The Kier molecular flexibility index (Phi) is 50.4. The van der Waals surface area contributed by atoms with Crippen molar-refractivity contribution in [2.45, 2.75) is 258 Å². The van der Waals surface area contributed by atoms with E-state index < -0.39 is 6.10 Å². The standard InChI is InChI=1S/C59H100O6/c1-4-7-10-13-16-19-22-25-28-29-32-35-38-41-44-47-50-53-59(62)65-56(54-63-57(60)51-48-45-42-39-36-33-30-26-23-20-17-14-11-8-5-2)55-64-58(61)52-49-46-43-40-37-34-31-27-24-21-18-15-12-9-6-3/h7,10,16-17,19-20,25-28,30-32,35,56H,4-6,8-9,11-15,18,21-24,29,33-34,36-55H2,1-3H3/b10-7-,19-16-,20-17-,28-25-,30-26-,31-27-,35-32-/t56-/m1/s1. The smallest absolute Gasteiger partial charge is 0.306 e. The van der Waals surface area contributed by atoms with Gasteiger partial charge in [-0.2, -0.15) is 0 Å². The quantitative estimate of drug-likeness (QED) is 0.0262. The van der Waals surface area contributed by atoms with E-state index in [0.717, 1.165) is 128 Å². The molecule has 0 spiro atoms. The monoisotopic (exact) mass is 905 g/mol. The van der Waals surface area contributed by atoms with Crippen molar-refractivity contribution in [2.75, 3.05) is 13.2 Å². The molecule has 0 rings (SSSR count). The number of carbonyl (C=O) groups excluding carboxylic acids is 3. The third-order valence-corrected chi connectivity index (χ3v) is 11.4. The van der Waals surface area contributed by atoms with Crippen LogP contribution in [0, 0.1) is 0 Å². The molecule has 6 nitrogen and oxygen atoms in total. The first-order valence-corrected chi connectivity index (χ1v) is 27.1. The highest BCUT2D eigenvalue weighted by Crippen LogP contribution is 2.13. The Hall–Kier alpha value is -3.41. The minimum atomic E-state index is -0.799. The molecule has 372 valence electrons. The molecule has 0 amide bonds. The van der Waals surface area contributed by atoms with Gasteiger partial charge in [0.1, 0.15) is 13.2 Å². The van der Waals surface area contributed by atoms with E-state index in [1.807, 2.05) is 0 Å². The third-order valence-electron chi connectivity index (χ3n) is 11.4. The molecular weight excluding hydrogens is 805 g/mol. The zero-order chi connectivity index (χ0) is 47.2. The van der Waals surface area contributed by atoms with Crippen molar-refractivity contribution < 1.29 is 28.6 Å². The third kappa shape index (κ3) is 51.4. The summed E-state index contributed by atoms with van der Waals surface area (Å²) < 4.78 is 16.8. The number of esters is 3. The minimum absolute atomic E-state index is 0.0957. The molecule has 0 N–H and O–H groups in total. The van der Waals surface area contributed by atoms with Crippen molar-refractivity contribution in [1.29, 1.82) is 0 Å². The second-order valence-electron chi connectivity index (χ2n) is 17.7. The van der Waals surface area contributed by atoms with Crippen LogP contribution >= 0.6 is 0 Å². The first-order valence-electron chi connectivity index (χ1n) is 27.1. The van der Waals surface area contributed by atoms with E-state index in [9.17, 15) is 14.4 Å². The minimum Gasteiger partial charge on any atom is -0.462 e. The van der Waals surface area contributed by atoms with Gasteiger partial charge in [0.15, 0.2) is 6.10 Å². The van der Waals surface area contributed by atoms with Gasteiger partial charge < -0.3 is 14.2 Å². The average Bonchev–Trinajstić information content (AvgIpc) is 3.30. The molecule has 65 heavy (non-hydrogen) atoms. The van der Waals surface area contributed by atoms with Gasteiger partial charge in [-0.3, -0.25) is 14.4 Å². The number of allylic oxidation sites excluding steroid dienone is 14. The summed E-state index contributed by atoms with van der Waals surface area (Å²) in [6, 6.07) is 0. The summed E-state index contributed by atoms with van der Waals surface area (Å²) in [6.45, 7) is 6.46. The Bertz CT molecular complexity index is 1270. The van der Waals surface area contributed by atoms with Gasteiger partial charge >= 0.3 is 17.9 Å². The summed E-state index contributed by atoms with van der Waals surface area (Å²) in [5.74, 6) is -0.940. The number of hydrogen-bond donors (Lipinski definition) is 0. The molecule has 0 bridgehead atoms. The fraction of sp³-hybridized carbons (Fsp3) is 0.712. The van der Waals surface area contributed by atoms with Crippen LogP contribution in [0.5, 0.6) is 0 Å². The van der Waals surface area contributed by atoms with Gasteiger partial charge in [-0.25, -0.2) is 0 Å². The highest BCUT2D eigenvalue weighted by molar-refractivity contribution is 5.71. The molecule has 0 heterocycles. The Morgan fingerprint density at radius 2 is 0.600 bits per heavy atom. The maximum Gasteiger partial charge on any atom is 0.306 e. The molecule has 0 unspecified atom stereocenters. The van der Waals surface area contributed by atoms with Gasteiger partial charge in [-0.15, -0.1) is 0 Å². The topological polar surface area (TPSA) is 78.9 Å². The molecule has 0 saturated carbocycles. The first kappa shape index (κ1) is 61.6. The summed E-state index contributed by atoms with van der Waals surface area (Å²) in [5, 5.41) is 0. The van der Waals surface area contributed by atoms with Gasteiger partial charge in [0.2, 0.25) is 0 Å². The molecular formula is C59H100O6. The Morgan fingerprint density at radius 1 is 0.323 bits per heavy atom. The zero-order valence-electron chi connectivity index (χ0n) is 42.5. The van der Waals surface area contributed by atoms with Crippen molar-refractivity contribution in [1.82, 2.24) is 0 Å². The van der Waals surface area contributed by atoms with Crippen LogP contribution in [-0.4, -0.2) is 37.2 Å². The lowest BCUT2D eigenvalue weighted by atomic mass is 10.1. The molecule has 0 fully saturated rings. The lowest BCUT2D eigenvalue weighted by Crippen LogP contribution is -2.30. The number of carbonyl (C=O) groups is 3. The van der Waals surface area contributed by atoms with Crippen LogP contribution in [0.1, 0.15) is 252 Å². The van der Waals surface area contributed by atoms with Gasteiger partial charge in [-0.05, 0) is 116 Å². The maximum absolute atomic E-state index is 12.8. The Labute approximate surface area is 401 Å². The fourth-order valence-corrected chi connectivity index (χ4v) is 7.28. The number of unbranched alkanes of at least 4 members (excludes halogenated alkanes) is 23. The number of rotatable bonds is 48. The summed E-state index contributed by atoms with van der Waals surface area (Å²) in [7, 11) is 0. The zero-order valence-corrected chi connectivity index (χ0v) is 42.5. The molecule has 0 aromatic carbocycles. The lowest BCUT2D eigenvalue weighted by molar-refractivity contribution is -0.167. The fourth-order valence-electron chi connectivity index (χ4n) is 7.28. The molecule has 0 saturated heterocycles. The summed E-state index contributed by atoms with van der Waals surface area (Å²) in [4.78, 5) is 38.1. The van der Waals surface area contributed by atoms with E-state index in [1.54, 1.807) is 0 Å². The predicted molar refractivity (Wildman–Crippen MR) is 279 cm³/mol. The molecule has 0 aliphatic rings. The van der Waals surface area contributed by atoms with E-state index in [0.29, 0.717) is 19.3 Å². The van der Waals surface area contributed by atoms with Crippen LogP contribution < -0.4 is 0 Å². The van der Waals surface area contributed by atoms with Gasteiger partial charge in [0.25, 0.3) is 0 Å². The normalized spacial score (nSPS) is 12.7. The average molecular weight is 905 g/mol. The molecule has 1 atom stereocenters. The van der Waals surface area contributed by atoms with Crippen molar-refractivity contribution in [3.8, 4) is 0 Å². The van der Waals surface area contributed by atoms with Crippen molar-refractivity contribution in [2.24, 2.45) is 0 Å². The summed E-state index contributed by atoms with van der Waals surface area (Å²) >= 11 is 0. The summed E-state index contributed by atoms with van der Waals surface area (Å²) in [6.07, 6.45) is 68.5. The second-order valence-corrected chi connectivity index (χ2v) is 17.7. The SMILES string of the molecule is CC/C=C\C/C=C\C/C=C\C/C=C\CCCCCCC(=O)O[C@H](COC(=O)CCCCCCC/C=C\C/C=C\CCCCC)COC(=O)CCCCCCC/C=C\CCCCCCCC. The van der Waals surface area contributed by atoms with E-state index in [4.69, 9.17) is 14.2 Å². The van der Waals surface area contributed by atoms with Gasteiger partial charge in [0.05, 0.1) is 0 Å². The lowest BCUT2D eigenvalue weighted by Gasteiger charge is -2.18. The second kappa shape index (κ2) is 53.2. The van der Waals surface area contributed by atoms with Gasteiger partial charge in [-0.1, -0.05) is 202 Å². The molecule has 0 aliphatic heterocycles. The van der Waals surface area contributed by atoms with Crippen LogP contribution in [0.15, 0.2) is 85.1 Å². The van der Waals surface area contributed by atoms with E-state index in [-0.39, 0.29) is 31.1 Å². The first-order chi connectivity index (χ1) is 32.0. The molecule has 0 aromatic heterocycles. The van der Waals surface area contributed by atoms with Crippen LogP contribution in [0.2, 0.25) is 0 Å². The van der Waals surface area contributed by atoms with E-state index in [1.165, 1.54) is 83.5 Å². The Morgan fingerprint density at radius 3 is 0.985 bits per heavy atom. The highest BCUT2D eigenvalue weighted by Gasteiger charge is 2.19. The largest absolute Gasteiger partial charge is 0.462 e. The van der Waals surface area contributed by atoms with E-state index in [2.05, 4.69) is 106 Å². The van der Waals surface area contributed by atoms with Crippen LogP contribution in [-0.2, 0) is 28.6 Å². The van der Waals surface area contributed by atoms with Gasteiger partial charge in [0, 0.05) is 19.3 Å². The van der Waals surface area contributed by atoms with E-state index >= 15 is 0 Å². The van der Waals surface area contributed by atoms with Crippen LogP contribution in [0.4, 0.5) is 0 Å². The number of hydrogen-bond acceptors (Lipinski definition) is 6. The van der Waals surface area contributed by atoms with Crippen molar-refractivity contribution >= 4 is 17.9 Å². The predicted octanol–water partition coefficient (Wildman–Crippen LogP) is 18.0. The molecule has 0 radical (unpaired) electrons. The van der Waals surface area contributed by atoms with Crippen molar-refractivity contribution in [3.63, 3.8) is 0 Å². The van der Waals surface area contributed by atoms with Crippen LogP contribution in [0.3, 0.4) is 0 Å².